The van der Waals surface area contributed by atoms with Gasteiger partial charge in [0, 0.05) is 55.0 Å². The molecule has 14 aromatic rings. The van der Waals surface area contributed by atoms with Gasteiger partial charge in [0.15, 0.2) is 17.5 Å². The van der Waals surface area contributed by atoms with Crippen LogP contribution in [-0.4, -0.2) is 24.1 Å². The topological polar surface area (TPSA) is 48.5 Å². The van der Waals surface area contributed by atoms with Gasteiger partial charge < -0.3 is 9.13 Å². The molecule has 0 aliphatic carbocycles. The summed E-state index contributed by atoms with van der Waals surface area (Å²) in [5.74, 6) is 1.78. The molecule has 0 amide bonds. The first kappa shape index (κ1) is 46.6. The molecule has 3 heterocycles. The van der Waals surface area contributed by atoms with Crippen molar-refractivity contribution >= 4 is 43.6 Å². The molecule has 11 aromatic carbocycles. The van der Waals surface area contributed by atoms with Crippen LogP contribution < -0.4 is 0 Å². The Morgan fingerprint density at radius 2 is 0.654 bits per heavy atom. The second-order valence-electron chi connectivity index (χ2n) is 21.2. The molecule has 0 fully saturated rings. The van der Waals surface area contributed by atoms with Gasteiger partial charge in [-0.15, -0.1) is 0 Å². The monoisotopic (exact) mass is 999 g/mol. The van der Waals surface area contributed by atoms with E-state index in [4.69, 9.17) is 15.0 Å². The van der Waals surface area contributed by atoms with Gasteiger partial charge >= 0.3 is 0 Å². The largest absolute Gasteiger partial charge is 0.309 e. The van der Waals surface area contributed by atoms with Crippen molar-refractivity contribution in [3.05, 3.63) is 272 Å². The lowest BCUT2D eigenvalue weighted by Gasteiger charge is -2.22. The summed E-state index contributed by atoms with van der Waals surface area (Å²) in [5.41, 5.74) is 19.5. The summed E-state index contributed by atoms with van der Waals surface area (Å²) in [6, 6.07) is 95.9. The van der Waals surface area contributed by atoms with Crippen LogP contribution in [0.4, 0.5) is 0 Å². The standard InChI is InChI=1S/C73H53N5/c1-73(2,3)57-40-43-67-64(46-57)61-42-41-58(77-65-30-18-16-28-59(65)60-29-17-19-31-66(60)77)47-68(61)78(67)69-62(52-24-12-6-13-25-52)44-56(45-63(69)53-26-14-7-15-27-53)72-75-70(54-36-32-50(33-37-54)48-20-8-4-9-21-48)74-71(76-72)55-38-34-51(35-39-55)49-22-10-5-11-23-49/h4-47H,1-3H3. The number of fused-ring (bicyclic) bond motifs is 6. The van der Waals surface area contributed by atoms with E-state index in [0.29, 0.717) is 17.5 Å². The highest BCUT2D eigenvalue weighted by Crippen LogP contribution is 2.46. The van der Waals surface area contributed by atoms with Crippen molar-refractivity contribution < 1.29 is 0 Å². The molecule has 0 bridgehead atoms. The highest BCUT2D eigenvalue weighted by Gasteiger charge is 2.26. The maximum absolute atomic E-state index is 5.42. The van der Waals surface area contributed by atoms with E-state index in [9.17, 15) is 0 Å². The minimum absolute atomic E-state index is 0.0618. The molecule has 5 heteroatoms. The maximum Gasteiger partial charge on any atom is 0.164 e. The van der Waals surface area contributed by atoms with E-state index < -0.39 is 0 Å². The Morgan fingerprint density at radius 3 is 1.13 bits per heavy atom. The van der Waals surface area contributed by atoms with E-state index in [-0.39, 0.29) is 5.41 Å². The van der Waals surface area contributed by atoms with Crippen LogP contribution in [0.25, 0.3) is 134 Å². The third kappa shape index (κ3) is 8.25. The van der Waals surface area contributed by atoms with Crippen LogP contribution in [0, 0.1) is 0 Å². The van der Waals surface area contributed by atoms with Crippen molar-refractivity contribution in [2.24, 2.45) is 0 Å². The normalized spacial score (nSPS) is 11.8. The molecule has 0 aliphatic rings. The number of rotatable bonds is 9. The van der Waals surface area contributed by atoms with Crippen LogP contribution in [0.2, 0.25) is 0 Å². The second-order valence-corrected chi connectivity index (χ2v) is 21.2. The van der Waals surface area contributed by atoms with Crippen LogP contribution in [0.5, 0.6) is 0 Å². The summed E-state index contributed by atoms with van der Waals surface area (Å²) in [5, 5.41) is 4.85. The SMILES string of the molecule is CC(C)(C)c1ccc2c(c1)c1ccc(-n3c4ccccc4c4ccccc43)cc1n2-c1c(-c2ccccc2)cc(-c2nc(-c3ccc(-c4ccccc4)cc3)nc(-c3ccc(-c4ccccc4)cc3)n2)cc1-c1ccccc1. The van der Waals surface area contributed by atoms with Gasteiger partial charge in [-0.3, -0.25) is 0 Å². The fourth-order valence-electron chi connectivity index (χ4n) is 11.4. The zero-order valence-corrected chi connectivity index (χ0v) is 43.6. The average molecular weight is 1000 g/mol. The summed E-state index contributed by atoms with van der Waals surface area (Å²) in [7, 11) is 0. The Labute approximate surface area is 454 Å². The van der Waals surface area contributed by atoms with Crippen LogP contribution >= 0.6 is 0 Å². The summed E-state index contributed by atoms with van der Waals surface area (Å²) in [6.45, 7) is 6.89. The van der Waals surface area contributed by atoms with Gasteiger partial charge in [-0.1, -0.05) is 239 Å². The van der Waals surface area contributed by atoms with Crippen LogP contribution in [-0.2, 0) is 5.41 Å². The van der Waals surface area contributed by atoms with Crippen LogP contribution in [0.15, 0.2) is 267 Å². The molecule has 3 aromatic heterocycles. The highest BCUT2D eigenvalue weighted by molar-refractivity contribution is 6.13. The van der Waals surface area contributed by atoms with E-state index in [1.165, 1.54) is 38.1 Å². The van der Waals surface area contributed by atoms with Crippen molar-refractivity contribution in [2.45, 2.75) is 26.2 Å². The second kappa shape index (κ2) is 19.0. The Balaban J connectivity index is 1.04. The third-order valence-electron chi connectivity index (χ3n) is 15.4. The Morgan fingerprint density at radius 1 is 0.269 bits per heavy atom. The highest BCUT2D eigenvalue weighted by atomic mass is 15.0. The van der Waals surface area contributed by atoms with Crippen LogP contribution in [0.1, 0.15) is 26.3 Å². The molecular weight excluding hydrogens is 947 g/mol. The van der Waals surface area contributed by atoms with Gasteiger partial charge in [0.1, 0.15) is 0 Å². The van der Waals surface area contributed by atoms with E-state index in [1.54, 1.807) is 0 Å². The van der Waals surface area contributed by atoms with Gasteiger partial charge in [-0.2, -0.15) is 0 Å². The predicted octanol–water partition coefficient (Wildman–Crippen LogP) is 19.0. The minimum atomic E-state index is -0.0618. The predicted molar refractivity (Wildman–Crippen MR) is 325 cm³/mol. The Hall–Kier alpha value is -9.97. The van der Waals surface area contributed by atoms with Crippen LogP contribution in [0.3, 0.4) is 0 Å². The molecule has 0 atom stereocenters. The number of hydrogen-bond donors (Lipinski definition) is 0. The van der Waals surface area contributed by atoms with E-state index >= 15 is 0 Å². The summed E-state index contributed by atoms with van der Waals surface area (Å²) < 4.78 is 4.95. The van der Waals surface area contributed by atoms with Gasteiger partial charge in [0.05, 0.1) is 27.8 Å². The maximum atomic E-state index is 5.42. The van der Waals surface area contributed by atoms with E-state index in [0.717, 1.165) is 83.6 Å². The molecule has 0 spiro atoms. The lowest BCUT2D eigenvalue weighted by Crippen LogP contribution is -2.10. The number of benzene rings is 11. The molecule has 0 saturated carbocycles. The molecule has 0 unspecified atom stereocenters. The molecule has 5 nitrogen and oxygen atoms in total. The lowest BCUT2D eigenvalue weighted by atomic mass is 9.86. The third-order valence-corrected chi connectivity index (χ3v) is 15.4. The smallest absolute Gasteiger partial charge is 0.164 e. The Bertz CT molecular complexity index is 4320. The average Bonchev–Trinajstić information content (AvgIpc) is 4.22. The van der Waals surface area contributed by atoms with Crippen molar-refractivity contribution in [3.8, 4) is 90.0 Å². The lowest BCUT2D eigenvalue weighted by molar-refractivity contribution is 0.591. The molecule has 0 radical (unpaired) electrons. The summed E-state index contributed by atoms with van der Waals surface area (Å²) >= 11 is 0. The zero-order chi connectivity index (χ0) is 52.3. The van der Waals surface area contributed by atoms with Gasteiger partial charge in [0.2, 0.25) is 0 Å². The minimum Gasteiger partial charge on any atom is -0.309 e. The molecule has 370 valence electrons. The molecule has 14 rings (SSSR count). The fraction of sp³-hybridized carbons (Fsp3) is 0.0548. The number of para-hydroxylation sites is 2. The van der Waals surface area contributed by atoms with Crippen molar-refractivity contribution in [3.63, 3.8) is 0 Å². The molecule has 0 N–H and O–H groups in total. The van der Waals surface area contributed by atoms with Gasteiger partial charge in [0.25, 0.3) is 0 Å². The zero-order valence-electron chi connectivity index (χ0n) is 43.6. The molecular formula is C73H53N5. The fourth-order valence-corrected chi connectivity index (χ4v) is 11.4. The van der Waals surface area contributed by atoms with Crippen molar-refractivity contribution in [1.29, 1.82) is 0 Å². The summed E-state index contributed by atoms with van der Waals surface area (Å²) in [4.78, 5) is 16.1. The van der Waals surface area contributed by atoms with Crippen molar-refractivity contribution in [1.82, 2.24) is 24.1 Å². The van der Waals surface area contributed by atoms with E-state index in [1.807, 2.05) is 12.1 Å². The van der Waals surface area contributed by atoms with E-state index in [2.05, 4.69) is 285 Å². The number of nitrogens with zero attached hydrogens (tertiary/aromatic N) is 5. The first-order valence-electron chi connectivity index (χ1n) is 26.8. The summed E-state index contributed by atoms with van der Waals surface area (Å²) in [6.07, 6.45) is 0. The number of aromatic nitrogens is 5. The molecule has 0 saturated heterocycles. The Kier molecular flexibility index (Phi) is 11.3. The van der Waals surface area contributed by atoms with Gasteiger partial charge in [-0.25, -0.2) is 15.0 Å². The molecule has 78 heavy (non-hydrogen) atoms. The molecule has 0 aliphatic heterocycles. The first-order valence-corrected chi connectivity index (χ1v) is 26.8. The first-order chi connectivity index (χ1) is 38.3. The number of hydrogen-bond acceptors (Lipinski definition) is 3. The van der Waals surface area contributed by atoms with Gasteiger partial charge in [-0.05, 0) is 92.9 Å². The quantitative estimate of drug-likeness (QED) is 0.145. The van der Waals surface area contributed by atoms with Crippen molar-refractivity contribution in [2.75, 3.05) is 0 Å².